The zero-order valence-corrected chi connectivity index (χ0v) is 17.5. The van der Waals surface area contributed by atoms with Crippen LogP contribution in [0.25, 0.3) is 0 Å². The molecule has 0 amide bonds. The van der Waals surface area contributed by atoms with Crippen LogP contribution in [-0.2, 0) is 0 Å². The van der Waals surface area contributed by atoms with Gasteiger partial charge in [-0.2, -0.15) is 0 Å². The van der Waals surface area contributed by atoms with Crippen molar-refractivity contribution in [3.05, 3.63) is 15.9 Å². The normalized spacial score (nSPS) is 11.2. The second-order valence-corrected chi connectivity index (χ2v) is 19.2. The molecule has 0 saturated heterocycles. The summed E-state index contributed by atoms with van der Waals surface area (Å²) in [5.41, 5.74) is 3.63. The fourth-order valence-corrected chi connectivity index (χ4v) is 16.6. The van der Waals surface area contributed by atoms with Gasteiger partial charge in [-0.15, -0.1) is 0 Å². The molecular formula is C19H38Sn. The van der Waals surface area contributed by atoms with E-state index in [0.29, 0.717) is 0 Å². The molecule has 0 aromatic rings. The molecule has 0 radical (unpaired) electrons. The van der Waals surface area contributed by atoms with Gasteiger partial charge in [0.25, 0.3) is 0 Å². The molecule has 0 aromatic carbocycles. The van der Waals surface area contributed by atoms with Crippen molar-refractivity contribution in [3.8, 4) is 0 Å². The van der Waals surface area contributed by atoms with Crippen LogP contribution in [0.4, 0.5) is 0 Å². The van der Waals surface area contributed by atoms with E-state index in [2.05, 4.69) is 43.6 Å². The van der Waals surface area contributed by atoms with Gasteiger partial charge in [0, 0.05) is 0 Å². The Balaban J connectivity index is 4.77. The first kappa shape index (κ1) is 20.3. The molecule has 0 rings (SSSR count). The molecule has 0 bridgehead atoms. The third-order valence-electron chi connectivity index (χ3n) is 4.29. The molecule has 20 heavy (non-hydrogen) atoms. The van der Waals surface area contributed by atoms with Crippen molar-refractivity contribution in [1.82, 2.24) is 0 Å². The summed E-state index contributed by atoms with van der Waals surface area (Å²) in [7, 11) is 0. The topological polar surface area (TPSA) is 0 Å². The summed E-state index contributed by atoms with van der Waals surface area (Å²) >= 11 is -2.02. The Morgan fingerprint density at radius 2 is 1.15 bits per heavy atom. The molecule has 0 atom stereocenters. The van der Waals surface area contributed by atoms with Gasteiger partial charge in [-0.3, -0.25) is 0 Å². The van der Waals surface area contributed by atoms with E-state index in [0.717, 1.165) is 0 Å². The Morgan fingerprint density at radius 1 is 0.700 bits per heavy atom. The molecule has 0 spiro atoms. The molecule has 1 heteroatoms. The van der Waals surface area contributed by atoms with Crippen LogP contribution < -0.4 is 0 Å². The molecule has 0 aliphatic heterocycles. The maximum atomic E-state index is 3.63. The van der Waals surface area contributed by atoms with Crippen LogP contribution in [0.2, 0.25) is 13.3 Å². The van der Waals surface area contributed by atoms with Crippen LogP contribution >= 0.6 is 0 Å². The number of allylic oxidation sites excluding steroid dienone is 1. The molecule has 0 saturated carbocycles. The SMILES string of the molecule is CCCCC=C=[CH][Sn]([CH2]CCC)([CH2]CCC)[CH2]CCC. The molecular weight excluding hydrogens is 347 g/mol. The number of hydrogen-bond acceptors (Lipinski definition) is 0. The van der Waals surface area contributed by atoms with E-state index in [1.54, 1.807) is 13.3 Å². The first-order valence-corrected chi connectivity index (χ1v) is 16.9. The van der Waals surface area contributed by atoms with Crippen LogP contribution in [0, 0.1) is 0 Å². The average molecular weight is 385 g/mol. The Hall–Kier alpha value is 0.319. The van der Waals surface area contributed by atoms with Gasteiger partial charge in [-0.05, 0) is 0 Å². The number of unbranched alkanes of at least 4 members (excludes halogenated alkanes) is 5. The summed E-state index contributed by atoms with van der Waals surface area (Å²) in [6.07, 6.45) is 14.6. The van der Waals surface area contributed by atoms with E-state index in [1.807, 2.05) is 0 Å². The van der Waals surface area contributed by atoms with Crippen LogP contribution in [-0.4, -0.2) is 18.4 Å². The van der Waals surface area contributed by atoms with Gasteiger partial charge in [0.15, 0.2) is 0 Å². The van der Waals surface area contributed by atoms with Gasteiger partial charge in [0.2, 0.25) is 0 Å². The maximum absolute atomic E-state index is 3.63. The second-order valence-electron chi connectivity index (χ2n) is 6.33. The molecule has 118 valence electrons. The van der Waals surface area contributed by atoms with Gasteiger partial charge in [-0.25, -0.2) is 0 Å². The van der Waals surface area contributed by atoms with Crippen LogP contribution in [0.1, 0.15) is 85.5 Å². The third-order valence-corrected chi connectivity index (χ3v) is 18.1. The summed E-state index contributed by atoms with van der Waals surface area (Å²) in [4.78, 5) is 0. The van der Waals surface area contributed by atoms with Crippen molar-refractivity contribution in [2.24, 2.45) is 0 Å². The van der Waals surface area contributed by atoms with Gasteiger partial charge >= 0.3 is 133 Å². The van der Waals surface area contributed by atoms with Crippen molar-refractivity contribution in [3.63, 3.8) is 0 Å². The summed E-state index contributed by atoms with van der Waals surface area (Å²) in [6.45, 7) is 9.30. The summed E-state index contributed by atoms with van der Waals surface area (Å²) < 4.78 is 7.37. The fraction of sp³-hybridized carbons (Fsp3) is 0.842. The van der Waals surface area contributed by atoms with Crippen LogP contribution in [0.5, 0.6) is 0 Å². The van der Waals surface area contributed by atoms with Crippen molar-refractivity contribution < 1.29 is 0 Å². The molecule has 0 N–H and O–H groups in total. The molecule has 0 aliphatic carbocycles. The Bertz CT molecular complexity index is 239. The third kappa shape index (κ3) is 10.1. The predicted molar refractivity (Wildman–Crippen MR) is 97.1 cm³/mol. The first-order chi connectivity index (χ1) is 9.74. The molecule has 0 heterocycles. The number of rotatable bonds is 13. The number of hydrogen-bond donors (Lipinski definition) is 0. The summed E-state index contributed by atoms with van der Waals surface area (Å²) in [6, 6.07) is 0. The zero-order valence-electron chi connectivity index (χ0n) is 14.6. The van der Waals surface area contributed by atoms with Gasteiger partial charge in [0.05, 0.1) is 0 Å². The van der Waals surface area contributed by atoms with Crippen molar-refractivity contribution in [2.45, 2.75) is 98.8 Å². The molecule has 0 aromatic heterocycles. The first-order valence-electron chi connectivity index (χ1n) is 9.16. The van der Waals surface area contributed by atoms with E-state index in [9.17, 15) is 0 Å². The second kappa shape index (κ2) is 14.3. The summed E-state index contributed by atoms with van der Waals surface area (Å²) in [5.74, 6) is 0. The van der Waals surface area contributed by atoms with Crippen molar-refractivity contribution >= 4 is 18.4 Å². The molecule has 0 unspecified atom stereocenters. The van der Waals surface area contributed by atoms with E-state index >= 15 is 0 Å². The van der Waals surface area contributed by atoms with E-state index in [1.165, 1.54) is 57.8 Å². The fourth-order valence-electron chi connectivity index (χ4n) is 2.80. The van der Waals surface area contributed by atoms with Crippen LogP contribution in [0.15, 0.2) is 15.9 Å². The van der Waals surface area contributed by atoms with E-state index in [4.69, 9.17) is 0 Å². The molecule has 0 fully saturated rings. The van der Waals surface area contributed by atoms with Crippen molar-refractivity contribution in [2.75, 3.05) is 0 Å². The van der Waals surface area contributed by atoms with Gasteiger partial charge in [-0.1, -0.05) is 0 Å². The average Bonchev–Trinajstić information content (AvgIpc) is 2.48. The minimum absolute atomic E-state index is 1.23. The predicted octanol–water partition coefficient (Wildman–Crippen LogP) is 7.28. The minimum atomic E-state index is -2.02. The quantitative estimate of drug-likeness (QED) is 0.178. The standard InChI is InChI=1S/C7H11.3C4H9.Sn/c1-3-5-7-6-4-2;3*1-3-4-2;/h1,5H,4,6-7H2,2H3;3*1,3-4H2,2H3;. The summed E-state index contributed by atoms with van der Waals surface area (Å²) in [5, 5.41) is 0. The molecule has 0 nitrogen and oxygen atoms in total. The van der Waals surface area contributed by atoms with E-state index in [-0.39, 0.29) is 0 Å². The van der Waals surface area contributed by atoms with Gasteiger partial charge in [0.1, 0.15) is 0 Å². The Kier molecular flexibility index (Phi) is 14.5. The van der Waals surface area contributed by atoms with Crippen LogP contribution in [0.3, 0.4) is 0 Å². The monoisotopic (exact) mass is 386 g/mol. The van der Waals surface area contributed by atoms with Crippen molar-refractivity contribution in [1.29, 1.82) is 0 Å². The van der Waals surface area contributed by atoms with E-state index < -0.39 is 18.4 Å². The Labute approximate surface area is 133 Å². The molecule has 0 aliphatic rings. The Morgan fingerprint density at radius 3 is 1.55 bits per heavy atom. The van der Waals surface area contributed by atoms with Gasteiger partial charge < -0.3 is 0 Å². The zero-order chi connectivity index (χ0) is 15.1.